The van der Waals surface area contributed by atoms with Crippen LogP contribution in [-0.4, -0.2) is 44.3 Å². The van der Waals surface area contributed by atoms with Gasteiger partial charge >= 0.3 is 0 Å². The topological polar surface area (TPSA) is 86.8 Å². The van der Waals surface area contributed by atoms with Gasteiger partial charge in [-0.3, -0.25) is 13.9 Å². The van der Waals surface area contributed by atoms with Gasteiger partial charge in [0.05, 0.1) is 15.6 Å². The quantitative estimate of drug-likeness (QED) is 0.272. The van der Waals surface area contributed by atoms with Crippen molar-refractivity contribution in [1.29, 1.82) is 0 Å². The molecular formula is C30H35Cl2N3O4S. The van der Waals surface area contributed by atoms with E-state index in [2.05, 4.69) is 5.32 Å². The molecule has 0 aliphatic heterocycles. The van der Waals surface area contributed by atoms with Crippen LogP contribution in [-0.2, 0) is 26.2 Å². The number of hydrogen-bond donors (Lipinski definition) is 1. The van der Waals surface area contributed by atoms with Crippen molar-refractivity contribution in [3.05, 3.63) is 94.0 Å². The number of anilines is 1. The number of benzene rings is 3. The molecule has 1 N–H and O–H groups in total. The van der Waals surface area contributed by atoms with Crippen LogP contribution in [0.15, 0.2) is 77.7 Å². The lowest BCUT2D eigenvalue weighted by molar-refractivity contribution is -0.140. The van der Waals surface area contributed by atoms with Crippen molar-refractivity contribution < 1.29 is 18.0 Å². The van der Waals surface area contributed by atoms with E-state index in [1.165, 1.54) is 29.2 Å². The summed E-state index contributed by atoms with van der Waals surface area (Å²) in [5, 5.41) is 3.29. The van der Waals surface area contributed by atoms with Gasteiger partial charge in [0.15, 0.2) is 0 Å². The van der Waals surface area contributed by atoms with Crippen LogP contribution in [0.3, 0.4) is 0 Å². The maximum absolute atomic E-state index is 14.1. The van der Waals surface area contributed by atoms with E-state index in [9.17, 15) is 18.0 Å². The first-order chi connectivity index (χ1) is 18.9. The molecule has 3 aromatic rings. The van der Waals surface area contributed by atoms with E-state index in [1.807, 2.05) is 52.0 Å². The van der Waals surface area contributed by atoms with Crippen LogP contribution < -0.4 is 9.62 Å². The van der Waals surface area contributed by atoms with Gasteiger partial charge in [0, 0.05) is 18.1 Å². The minimum absolute atomic E-state index is 0.00866. The molecule has 1 unspecified atom stereocenters. The van der Waals surface area contributed by atoms with Gasteiger partial charge in [-0.25, -0.2) is 8.42 Å². The predicted molar refractivity (Wildman–Crippen MR) is 161 cm³/mol. The zero-order valence-electron chi connectivity index (χ0n) is 23.1. The molecule has 0 aliphatic rings. The van der Waals surface area contributed by atoms with Crippen molar-refractivity contribution in [2.75, 3.05) is 17.4 Å². The highest BCUT2D eigenvalue weighted by molar-refractivity contribution is 7.92. The first kappa shape index (κ1) is 31.5. The summed E-state index contributed by atoms with van der Waals surface area (Å²) in [6.45, 7) is 7.74. The fourth-order valence-corrected chi connectivity index (χ4v) is 6.02. The summed E-state index contributed by atoms with van der Waals surface area (Å²) in [4.78, 5) is 28.8. The SMILES string of the molecule is CCC(C(=O)NCC(C)C)N(Cc1ccc(C)cc1)C(=O)CN(c1cc(Cl)ccc1Cl)S(=O)(=O)c1ccccc1. The number of sulfonamides is 1. The van der Waals surface area contributed by atoms with Gasteiger partial charge in [-0.2, -0.15) is 0 Å². The maximum atomic E-state index is 14.1. The Morgan fingerprint density at radius 1 is 0.950 bits per heavy atom. The molecule has 0 bridgehead atoms. The van der Waals surface area contributed by atoms with Gasteiger partial charge in [0.1, 0.15) is 12.6 Å². The summed E-state index contributed by atoms with van der Waals surface area (Å²) < 4.78 is 28.7. The molecule has 0 spiro atoms. The van der Waals surface area contributed by atoms with Crippen LogP contribution in [0, 0.1) is 12.8 Å². The third-order valence-corrected chi connectivity index (χ3v) is 8.66. The Bertz CT molecular complexity index is 1410. The molecule has 0 fully saturated rings. The number of aryl methyl sites for hydroxylation is 1. The first-order valence-corrected chi connectivity index (χ1v) is 15.3. The summed E-state index contributed by atoms with van der Waals surface area (Å²) >= 11 is 12.7. The van der Waals surface area contributed by atoms with Crippen molar-refractivity contribution >= 4 is 50.7 Å². The molecule has 214 valence electrons. The molecule has 0 radical (unpaired) electrons. The van der Waals surface area contributed by atoms with Gasteiger partial charge in [0.25, 0.3) is 10.0 Å². The van der Waals surface area contributed by atoms with Crippen LogP contribution in [0.5, 0.6) is 0 Å². The number of rotatable bonds is 12. The van der Waals surface area contributed by atoms with Gasteiger partial charge in [-0.15, -0.1) is 0 Å². The van der Waals surface area contributed by atoms with E-state index >= 15 is 0 Å². The molecule has 10 heteroatoms. The molecule has 0 aromatic heterocycles. The summed E-state index contributed by atoms with van der Waals surface area (Å²) in [6.07, 6.45) is 0.338. The van der Waals surface area contributed by atoms with Crippen molar-refractivity contribution in [3.8, 4) is 0 Å². The zero-order valence-corrected chi connectivity index (χ0v) is 25.4. The van der Waals surface area contributed by atoms with Crippen molar-refractivity contribution in [2.45, 2.75) is 51.6 Å². The Morgan fingerprint density at radius 2 is 1.60 bits per heavy atom. The fraction of sp³-hybridized carbons (Fsp3) is 0.333. The highest BCUT2D eigenvalue weighted by atomic mass is 35.5. The molecule has 3 aromatic carbocycles. The molecular weight excluding hydrogens is 569 g/mol. The molecule has 40 heavy (non-hydrogen) atoms. The van der Waals surface area contributed by atoms with Gasteiger partial charge in [0.2, 0.25) is 11.8 Å². The normalized spacial score (nSPS) is 12.2. The van der Waals surface area contributed by atoms with E-state index in [0.717, 1.165) is 15.4 Å². The van der Waals surface area contributed by atoms with E-state index in [4.69, 9.17) is 23.2 Å². The van der Waals surface area contributed by atoms with Crippen LogP contribution in [0.4, 0.5) is 5.69 Å². The smallest absolute Gasteiger partial charge is 0.264 e. The molecule has 0 aliphatic carbocycles. The Kier molecular flexibility index (Phi) is 11.0. The van der Waals surface area contributed by atoms with Crippen molar-refractivity contribution in [3.63, 3.8) is 0 Å². The Balaban J connectivity index is 2.07. The number of halogens is 2. The second-order valence-electron chi connectivity index (χ2n) is 9.99. The average Bonchev–Trinajstić information content (AvgIpc) is 2.93. The van der Waals surface area contributed by atoms with Gasteiger partial charge in [-0.05, 0) is 55.2 Å². The summed E-state index contributed by atoms with van der Waals surface area (Å²) in [5.41, 5.74) is 1.94. The molecule has 0 saturated carbocycles. The van der Waals surface area contributed by atoms with Crippen LogP contribution in [0.25, 0.3) is 0 Å². The van der Waals surface area contributed by atoms with Gasteiger partial charge in [-0.1, -0.05) is 92.0 Å². The van der Waals surface area contributed by atoms with E-state index in [0.29, 0.717) is 13.0 Å². The molecule has 1 atom stereocenters. The first-order valence-electron chi connectivity index (χ1n) is 13.1. The summed E-state index contributed by atoms with van der Waals surface area (Å²) in [6, 6.07) is 19.0. The second kappa shape index (κ2) is 14.0. The maximum Gasteiger partial charge on any atom is 0.264 e. The highest BCUT2D eigenvalue weighted by Gasteiger charge is 2.34. The minimum atomic E-state index is -4.23. The molecule has 7 nitrogen and oxygen atoms in total. The third-order valence-electron chi connectivity index (χ3n) is 6.33. The molecule has 3 rings (SSSR count). The molecule has 0 heterocycles. The molecule has 0 saturated heterocycles. The highest BCUT2D eigenvalue weighted by Crippen LogP contribution is 2.33. The Hall–Kier alpha value is -3.07. The van der Waals surface area contributed by atoms with Crippen LogP contribution in [0.1, 0.15) is 38.3 Å². The summed E-state index contributed by atoms with van der Waals surface area (Å²) in [7, 11) is -4.23. The average molecular weight is 605 g/mol. The number of nitrogens with one attached hydrogen (secondary N) is 1. The Labute approximate surface area is 247 Å². The molecule has 2 amide bonds. The van der Waals surface area contributed by atoms with Gasteiger partial charge < -0.3 is 10.2 Å². The van der Waals surface area contributed by atoms with E-state index in [-0.39, 0.29) is 39.0 Å². The lowest BCUT2D eigenvalue weighted by Crippen LogP contribution is -2.52. The van der Waals surface area contributed by atoms with E-state index in [1.54, 1.807) is 24.3 Å². The standard InChI is InChI=1S/C30H35Cl2N3O4S/c1-5-27(30(37)33-18-21(2)3)34(19-23-13-11-22(4)12-14-23)29(36)20-35(28-17-24(31)15-16-26(28)32)40(38,39)25-9-7-6-8-10-25/h6-17,21,27H,5,18-20H2,1-4H3,(H,33,37). The third kappa shape index (κ3) is 7.99. The monoisotopic (exact) mass is 603 g/mol. The van der Waals surface area contributed by atoms with E-state index < -0.39 is 28.5 Å². The number of carbonyl (C=O) groups excluding carboxylic acids is 2. The largest absolute Gasteiger partial charge is 0.354 e. The van der Waals surface area contributed by atoms with Crippen molar-refractivity contribution in [1.82, 2.24) is 10.2 Å². The second-order valence-corrected chi connectivity index (χ2v) is 12.7. The number of nitrogens with zero attached hydrogens (tertiary/aromatic N) is 2. The van der Waals surface area contributed by atoms with Crippen LogP contribution in [0.2, 0.25) is 10.0 Å². The van der Waals surface area contributed by atoms with Crippen LogP contribution >= 0.6 is 23.2 Å². The Morgan fingerprint density at radius 3 is 2.20 bits per heavy atom. The summed E-state index contributed by atoms with van der Waals surface area (Å²) in [5.74, 6) is -0.628. The number of amides is 2. The zero-order chi connectivity index (χ0) is 29.4. The number of carbonyl (C=O) groups is 2. The lowest BCUT2D eigenvalue weighted by Gasteiger charge is -2.33. The number of hydrogen-bond acceptors (Lipinski definition) is 4. The van der Waals surface area contributed by atoms with Crippen molar-refractivity contribution in [2.24, 2.45) is 5.92 Å². The predicted octanol–water partition coefficient (Wildman–Crippen LogP) is 6.08. The minimum Gasteiger partial charge on any atom is -0.354 e. The fourth-order valence-electron chi connectivity index (χ4n) is 4.14. The lowest BCUT2D eigenvalue weighted by atomic mass is 10.1.